The summed E-state index contributed by atoms with van der Waals surface area (Å²) >= 11 is 0. The molecule has 0 atom stereocenters. The standard InChI is InChI=1S/C26H27NO/c1-2-3-5-11-23(20-22-12-6-4-7-13-22)16-17-26(28)24-14-10-15-25(21-24)27-18-8-9-19-27/h4,6-10,12-21H,2-3,5,11H2,1H3/b17-16+,23-20-. The van der Waals surface area contributed by atoms with E-state index in [1.807, 2.05) is 77.6 Å². The van der Waals surface area contributed by atoms with Crippen molar-refractivity contribution in [1.82, 2.24) is 4.57 Å². The lowest BCUT2D eigenvalue weighted by Gasteiger charge is -2.05. The Balaban J connectivity index is 1.77. The van der Waals surface area contributed by atoms with Crippen LogP contribution in [0.1, 0.15) is 48.5 Å². The van der Waals surface area contributed by atoms with Crippen LogP contribution in [0.4, 0.5) is 0 Å². The molecular formula is C26H27NO. The second-order valence-corrected chi connectivity index (χ2v) is 6.93. The summed E-state index contributed by atoms with van der Waals surface area (Å²) in [5, 5.41) is 0. The first kappa shape index (κ1) is 19.6. The van der Waals surface area contributed by atoms with E-state index >= 15 is 0 Å². The number of hydrogen-bond donors (Lipinski definition) is 0. The topological polar surface area (TPSA) is 22.0 Å². The van der Waals surface area contributed by atoms with Crippen molar-refractivity contribution in [3.63, 3.8) is 0 Å². The second kappa shape index (κ2) is 10.3. The first-order valence-corrected chi connectivity index (χ1v) is 9.97. The van der Waals surface area contributed by atoms with Crippen LogP contribution < -0.4 is 0 Å². The molecule has 142 valence electrons. The quantitative estimate of drug-likeness (QED) is 0.174. The summed E-state index contributed by atoms with van der Waals surface area (Å²) in [5.74, 6) is 0.0310. The van der Waals surface area contributed by atoms with Crippen LogP contribution in [-0.4, -0.2) is 10.4 Å². The van der Waals surface area contributed by atoms with Crippen molar-refractivity contribution in [2.75, 3.05) is 0 Å². The first-order valence-electron chi connectivity index (χ1n) is 9.97. The number of hydrogen-bond acceptors (Lipinski definition) is 1. The van der Waals surface area contributed by atoms with E-state index in [0.29, 0.717) is 5.56 Å². The van der Waals surface area contributed by atoms with Crippen LogP contribution in [-0.2, 0) is 0 Å². The van der Waals surface area contributed by atoms with E-state index in [4.69, 9.17) is 0 Å². The van der Waals surface area contributed by atoms with Crippen LogP contribution in [0, 0.1) is 0 Å². The molecule has 0 spiro atoms. The summed E-state index contributed by atoms with van der Waals surface area (Å²) in [5.41, 5.74) is 4.05. The molecule has 0 aliphatic carbocycles. The Bertz CT molecular complexity index is 934. The third-order valence-electron chi connectivity index (χ3n) is 4.70. The number of allylic oxidation sites excluding steroid dienone is 3. The Hall–Kier alpha value is -3.13. The van der Waals surface area contributed by atoms with Crippen molar-refractivity contribution >= 4 is 11.9 Å². The highest BCUT2D eigenvalue weighted by molar-refractivity contribution is 6.05. The molecule has 2 aromatic carbocycles. The van der Waals surface area contributed by atoms with Gasteiger partial charge in [-0.25, -0.2) is 0 Å². The van der Waals surface area contributed by atoms with E-state index in [-0.39, 0.29) is 5.78 Å². The number of benzene rings is 2. The third kappa shape index (κ3) is 5.68. The summed E-state index contributed by atoms with van der Waals surface area (Å²) in [7, 11) is 0. The summed E-state index contributed by atoms with van der Waals surface area (Å²) < 4.78 is 2.01. The second-order valence-electron chi connectivity index (χ2n) is 6.93. The van der Waals surface area contributed by atoms with Crippen LogP contribution in [0.3, 0.4) is 0 Å². The zero-order chi connectivity index (χ0) is 19.6. The van der Waals surface area contributed by atoms with E-state index in [9.17, 15) is 4.79 Å². The number of unbranched alkanes of at least 4 members (excludes halogenated alkanes) is 2. The number of aromatic nitrogens is 1. The van der Waals surface area contributed by atoms with Crippen LogP contribution >= 0.6 is 0 Å². The van der Waals surface area contributed by atoms with Crippen molar-refractivity contribution in [2.45, 2.75) is 32.6 Å². The number of ketones is 1. The Labute approximate surface area is 167 Å². The van der Waals surface area contributed by atoms with Gasteiger partial charge in [0.2, 0.25) is 0 Å². The van der Waals surface area contributed by atoms with E-state index in [1.54, 1.807) is 6.08 Å². The molecule has 0 fully saturated rings. The molecular weight excluding hydrogens is 342 g/mol. The molecule has 0 aliphatic rings. The van der Waals surface area contributed by atoms with Gasteiger partial charge in [-0.1, -0.05) is 74.4 Å². The SMILES string of the molecule is CCCCCC(=C/c1ccccc1)/C=C/C(=O)c1cccc(-n2cccc2)c1. The summed E-state index contributed by atoms with van der Waals surface area (Å²) in [6.07, 6.45) is 14.3. The first-order chi connectivity index (χ1) is 13.8. The lowest BCUT2D eigenvalue weighted by Crippen LogP contribution is -1.97. The minimum Gasteiger partial charge on any atom is -0.324 e. The molecule has 1 aromatic heterocycles. The lowest BCUT2D eigenvalue weighted by atomic mass is 10.0. The highest BCUT2D eigenvalue weighted by Gasteiger charge is 2.04. The molecule has 0 bridgehead atoms. The number of carbonyl (C=O) groups is 1. The minimum absolute atomic E-state index is 0.0310. The van der Waals surface area contributed by atoms with E-state index in [2.05, 4.69) is 25.1 Å². The molecule has 0 unspecified atom stereocenters. The Morgan fingerprint density at radius 3 is 2.43 bits per heavy atom. The van der Waals surface area contributed by atoms with Gasteiger partial charge in [0.1, 0.15) is 0 Å². The molecule has 2 heteroatoms. The molecule has 0 saturated carbocycles. The third-order valence-corrected chi connectivity index (χ3v) is 4.70. The van der Waals surface area contributed by atoms with Gasteiger partial charge in [-0.3, -0.25) is 4.79 Å². The van der Waals surface area contributed by atoms with Crippen molar-refractivity contribution in [3.05, 3.63) is 108 Å². The van der Waals surface area contributed by atoms with E-state index < -0.39 is 0 Å². The molecule has 3 rings (SSSR count). The molecule has 28 heavy (non-hydrogen) atoms. The van der Waals surface area contributed by atoms with Gasteiger partial charge >= 0.3 is 0 Å². The monoisotopic (exact) mass is 369 g/mol. The van der Waals surface area contributed by atoms with Gasteiger partial charge in [-0.2, -0.15) is 0 Å². The van der Waals surface area contributed by atoms with Crippen molar-refractivity contribution < 1.29 is 4.79 Å². The van der Waals surface area contributed by atoms with Crippen molar-refractivity contribution in [1.29, 1.82) is 0 Å². The molecule has 2 nitrogen and oxygen atoms in total. The fourth-order valence-electron chi connectivity index (χ4n) is 3.15. The predicted octanol–water partition coefficient (Wildman–Crippen LogP) is 6.88. The molecule has 0 N–H and O–H groups in total. The largest absolute Gasteiger partial charge is 0.324 e. The van der Waals surface area contributed by atoms with Crippen LogP contribution in [0.5, 0.6) is 0 Å². The Morgan fingerprint density at radius 1 is 0.893 bits per heavy atom. The van der Waals surface area contributed by atoms with Gasteiger partial charge in [-0.15, -0.1) is 0 Å². The van der Waals surface area contributed by atoms with Crippen LogP contribution in [0.2, 0.25) is 0 Å². The maximum atomic E-state index is 12.7. The normalized spacial score (nSPS) is 11.8. The zero-order valence-corrected chi connectivity index (χ0v) is 16.4. The summed E-state index contributed by atoms with van der Waals surface area (Å²) in [6.45, 7) is 2.21. The Kier molecular flexibility index (Phi) is 7.20. The minimum atomic E-state index is 0.0310. The van der Waals surface area contributed by atoms with Gasteiger partial charge in [0.25, 0.3) is 0 Å². The molecule has 3 aromatic rings. The van der Waals surface area contributed by atoms with Gasteiger partial charge in [0.05, 0.1) is 0 Å². The van der Waals surface area contributed by atoms with Crippen molar-refractivity contribution in [3.8, 4) is 5.69 Å². The zero-order valence-electron chi connectivity index (χ0n) is 16.4. The van der Waals surface area contributed by atoms with E-state index in [1.165, 1.54) is 24.0 Å². The summed E-state index contributed by atoms with van der Waals surface area (Å²) in [4.78, 5) is 12.7. The highest BCUT2D eigenvalue weighted by atomic mass is 16.1. The molecule has 0 aliphatic heterocycles. The molecule has 0 amide bonds. The average Bonchev–Trinajstić information content (AvgIpc) is 3.28. The smallest absolute Gasteiger partial charge is 0.185 e. The number of rotatable bonds is 9. The fraction of sp³-hybridized carbons (Fsp3) is 0.192. The molecule has 0 saturated heterocycles. The predicted molar refractivity (Wildman–Crippen MR) is 118 cm³/mol. The molecule has 1 heterocycles. The lowest BCUT2D eigenvalue weighted by molar-refractivity contribution is 0.104. The van der Waals surface area contributed by atoms with Gasteiger partial charge in [0, 0.05) is 23.6 Å². The van der Waals surface area contributed by atoms with Gasteiger partial charge in [-0.05, 0) is 54.3 Å². The van der Waals surface area contributed by atoms with Gasteiger partial charge < -0.3 is 4.57 Å². The maximum absolute atomic E-state index is 12.7. The van der Waals surface area contributed by atoms with Crippen LogP contribution in [0.15, 0.2) is 96.8 Å². The number of carbonyl (C=O) groups excluding carboxylic acids is 1. The van der Waals surface area contributed by atoms with Crippen LogP contribution in [0.25, 0.3) is 11.8 Å². The molecule has 0 radical (unpaired) electrons. The number of nitrogens with zero attached hydrogens (tertiary/aromatic N) is 1. The van der Waals surface area contributed by atoms with Crippen molar-refractivity contribution in [2.24, 2.45) is 0 Å². The Morgan fingerprint density at radius 2 is 1.68 bits per heavy atom. The van der Waals surface area contributed by atoms with E-state index in [0.717, 1.165) is 18.5 Å². The maximum Gasteiger partial charge on any atom is 0.185 e. The summed E-state index contributed by atoms with van der Waals surface area (Å²) in [6, 6.07) is 22.0. The average molecular weight is 370 g/mol. The fourth-order valence-corrected chi connectivity index (χ4v) is 3.15. The van der Waals surface area contributed by atoms with Gasteiger partial charge in [0.15, 0.2) is 5.78 Å². The highest BCUT2D eigenvalue weighted by Crippen LogP contribution is 2.17.